The van der Waals surface area contributed by atoms with E-state index in [0.29, 0.717) is 29.8 Å². The van der Waals surface area contributed by atoms with Crippen LogP contribution in [0.5, 0.6) is 0 Å². The highest BCUT2D eigenvalue weighted by molar-refractivity contribution is 5.91. The summed E-state index contributed by atoms with van der Waals surface area (Å²) < 4.78 is 0. The molecule has 6 heteroatoms. The van der Waals surface area contributed by atoms with Crippen molar-refractivity contribution >= 4 is 22.5 Å². The van der Waals surface area contributed by atoms with Crippen LogP contribution in [0.2, 0.25) is 0 Å². The molecule has 1 atom stereocenters. The van der Waals surface area contributed by atoms with Crippen LogP contribution in [0.3, 0.4) is 0 Å². The van der Waals surface area contributed by atoms with Crippen LogP contribution in [-0.4, -0.2) is 29.0 Å². The number of carbonyl (C=O) groups is 1. The van der Waals surface area contributed by atoms with Crippen molar-refractivity contribution in [3.63, 3.8) is 0 Å². The number of aromatic nitrogens is 2. The van der Waals surface area contributed by atoms with E-state index in [1.165, 1.54) is 0 Å². The Balaban J connectivity index is 1.72. The van der Waals surface area contributed by atoms with E-state index in [0.717, 1.165) is 35.5 Å². The predicted octanol–water partition coefficient (Wildman–Crippen LogP) is 2.06. The van der Waals surface area contributed by atoms with Gasteiger partial charge in [0, 0.05) is 5.69 Å². The Bertz CT molecular complexity index is 995. The number of rotatable bonds is 8. The Morgan fingerprint density at radius 2 is 1.89 bits per heavy atom. The lowest BCUT2D eigenvalue weighted by Crippen LogP contribution is -3.12. The second-order valence-electron chi connectivity index (χ2n) is 7.15. The van der Waals surface area contributed by atoms with Gasteiger partial charge in [-0.3, -0.25) is 9.59 Å². The molecule has 1 aromatic heterocycles. The first-order chi connectivity index (χ1) is 13.5. The number of carbonyl (C=O) groups excluding carboxylic acids is 1. The number of amides is 1. The second-order valence-corrected chi connectivity index (χ2v) is 7.15. The van der Waals surface area contributed by atoms with Gasteiger partial charge in [0.25, 0.3) is 11.5 Å². The van der Waals surface area contributed by atoms with Crippen molar-refractivity contribution in [3.8, 4) is 0 Å². The number of aryl methyl sites for hydroxylation is 1. The van der Waals surface area contributed by atoms with Crippen molar-refractivity contribution in [2.75, 3.05) is 18.4 Å². The fraction of sp³-hybridized carbons (Fsp3) is 0.318. The first-order valence-corrected chi connectivity index (χ1v) is 9.73. The zero-order valence-corrected chi connectivity index (χ0v) is 16.4. The van der Waals surface area contributed by atoms with E-state index in [-0.39, 0.29) is 11.5 Å². The third-order valence-electron chi connectivity index (χ3n) is 4.71. The standard InChI is InChI=1S/C22H26N4O2/c1-3-4-13-26(15-21(27)23-17-11-9-16(2)10-12-17)14-20-24-19-8-6-5-7-18(19)22(28)25-20/h5-12H,3-4,13-15H2,1-2H3,(H,23,27)(H,24,25,28)/p+1. The molecular weight excluding hydrogens is 352 g/mol. The molecule has 6 nitrogen and oxygen atoms in total. The van der Waals surface area contributed by atoms with Crippen LogP contribution in [0.1, 0.15) is 31.2 Å². The first-order valence-electron chi connectivity index (χ1n) is 9.73. The number of para-hydroxylation sites is 1. The van der Waals surface area contributed by atoms with Gasteiger partial charge < -0.3 is 15.2 Å². The summed E-state index contributed by atoms with van der Waals surface area (Å²) in [6.45, 7) is 5.81. The number of aromatic amines is 1. The number of quaternary nitrogens is 1. The molecule has 0 aliphatic rings. The van der Waals surface area contributed by atoms with Gasteiger partial charge in [-0.2, -0.15) is 0 Å². The van der Waals surface area contributed by atoms with E-state index in [9.17, 15) is 9.59 Å². The molecule has 3 N–H and O–H groups in total. The average molecular weight is 379 g/mol. The summed E-state index contributed by atoms with van der Waals surface area (Å²) in [6.07, 6.45) is 2.05. The zero-order valence-electron chi connectivity index (χ0n) is 16.4. The highest BCUT2D eigenvalue weighted by Crippen LogP contribution is 2.08. The molecule has 0 fully saturated rings. The van der Waals surface area contributed by atoms with Gasteiger partial charge in [-0.25, -0.2) is 4.98 Å². The topological polar surface area (TPSA) is 79.3 Å². The molecule has 3 aromatic rings. The molecule has 0 saturated heterocycles. The monoisotopic (exact) mass is 379 g/mol. The van der Waals surface area contributed by atoms with Gasteiger partial charge in [-0.1, -0.05) is 43.2 Å². The zero-order chi connectivity index (χ0) is 19.9. The van der Waals surface area contributed by atoms with Crippen LogP contribution in [0.15, 0.2) is 53.3 Å². The minimum Gasteiger partial charge on any atom is -0.321 e. The number of hydrogen-bond acceptors (Lipinski definition) is 3. The molecule has 3 rings (SSSR count). The lowest BCUT2D eigenvalue weighted by molar-refractivity contribution is -0.906. The summed E-state index contributed by atoms with van der Waals surface area (Å²) in [4.78, 5) is 33.3. The third kappa shape index (κ3) is 5.27. The predicted molar refractivity (Wildman–Crippen MR) is 111 cm³/mol. The van der Waals surface area contributed by atoms with Gasteiger partial charge in [0.15, 0.2) is 12.4 Å². The Labute approximate surface area is 164 Å². The van der Waals surface area contributed by atoms with Crippen molar-refractivity contribution < 1.29 is 9.69 Å². The normalized spacial score (nSPS) is 12.1. The smallest absolute Gasteiger partial charge is 0.279 e. The highest BCUT2D eigenvalue weighted by atomic mass is 16.2. The van der Waals surface area contributed by atoms with Gasteiger partial charge in [-0.05, 0) is 37.6 Å². The van der Waals surface area contributed by atoms with Gasteiger partial charge in [-0.15, -0.1) is 0 Å². The molecule has 0 saturated carbocycles. The van der Waals surface area contributed by atoms with Crippen LogP contribution in [0.25, 0.3) is 10.9 Å². The number of anilines is 1. The molecule has 0 aliphatic heterocycles. The fourth-order valence-electron chi connectivity index (χ4n) is 3.19. The summed E-state index contributed by atoms with van der Waals surface area (Å²) in [5.74, 6) is 0.566. The summed E-state index contributed by atoms with van der Waals surface area (Å²) in [6, 6.07) is 15.1. The van der Waals surface area contributed by atoms with E-state index in [2.05, 4.69) is 22.2 Å². The molecule has 1 unspecified atom stereocenters. The van der Waals surface area contributed by atoms with Crippen LogP contribution in [0.4, 0.5) is 5.69 Å². The molecule has 28 heavy (non-hydrogen) atoms. The second kappa shape index (κ2) is 9.28. The molecule has 1 amide bonds. The number of hydrogen-bond donors (Lipinski definition) is 3. The SMILES string of the molecule is CCCC[NH+](CC(=O)Nc1ccc(C)cc1)Cc1nc2ccccc2c(=O)[nH]1. The molecule has 2 aromatic carbocycles. The van der Waals surface area contributed by atoms with Gasteiger partial charge in [0.05, 0.1) is 17.4 Å². The van der Waals surface area contributed by atoms with Crippen LogP contribution < -0.4 is 15.8 Å². The molecule has 0 radical (unpaired) electrons. The number of benzene rings is 2. The first kappa shape index (κ1) is 19.8. The molecular formula is C22H27N4O2+. The quantitative estimate of drug-likeness (QED) is 0.560. The number of H-pyrrole nitrogens is 1. The summed E-state index contributed by atoms with van der Waals surface area (Å²) in [5.41, 5.74) is 2.49. The Hall–Kier alpha value is -2.99. The Morgan fingerprint density at radius 3 is 2.64 bits per heavy atom. The lowest BCUT2D eigenvalue weighted by Gasteiger charge is -2.18. The fourth-order valence-corrected chi connectivity index (χ4v) is 3.19. The van der Waals surface area contributed by atoms with Crippen LogP contribution in [-0.2, 0) is 11.3 Å². The van der Waals surface area contributed by atoms with Crippen molar-refractivity contribution in [2.45, 2.75) is 33.2 Å². The van der Waals surface area contributed by atoms with Crippen molar-refractivity contribution in [1.29, 1.82) is 0 Å². The van der Waals surface area contributed by atoms with Crippen molar-refractivity contribution in [3.05, 3.63) is 70.3 Å². The Morgan fingerprint density at radius 1 is 1.14 bits per heavy atom. The molecule has 0 spiro atoms. The maximum Gasteiger partial charge on any atom is 0.279 e. The van der Waals surface area contributed by atoms with Gasteiger partial charge >= 0.3 is 0 Å². The lowest BCUT2D eigenvalue weighted by atomic mass is 10.2. The van der Waals surface area contributed by atoms with E-state index in [1.54, 1.807) is 6.07 Å². The number of unbranched alkanes of at least 4 members (excludes halogenated alkanes) is 1. The van der Waals surface area contributed by atoms with Gasteiger partial charge in [0.2, 0.25) is 0 Å². The van der Waals surface area contributed by atoms with Crippen molar-refractivity contribution in [2.24, 2.45) is 0 Å². The number of fused-ring (bicyclic) bond motifs is 1. The Kier molecular flexibility index (Phi) is 6.55. The van der Waals surface area contributed by atoms with E-state index in [4.69, 9.17) is 0 Å². The molecule has 1 heterocycles. The summed E-state index contributed by atoms with van der Waals surface area (Å²) in [5, 5.41) is 3.53. The van der Waals surface area contributed by atoms with Gasteiger partial charge in [0.1, 0.15) is 6.54 Å². The maximum atomic E-state index is 12.5. The molecule has 0 aliphatic carbocycles. The van der Waals surface area contributed by atoms with Crippen LogP contribution in [0, 0.1) is 6.92 Å². The highest BCUT2D eigenvalue weighted by Gasteiger charge is 2.17. The van der Waals surface area contributed by atoms with Crippen molar-refractivity contribution in [1.82, 2.24) is 9.97 Å². The molecule has 146 valence electrons. The van der Waals surface area contributed by atoms with E-state index in [1.807, 2.05) is 49.4 Å². The third-order valence-corrected chi connectivity index (χ3v) is 4.71. The minimum atomic E-state index is -0.139. The largest absolute Gasteiger partial charge is 0.321 e. The maximum absolute atomic E-state index is 12.5. The average Bonchev–Trinajstić information content (AvgIpc) is 2.68. The summed E-state index contributed by atoms with van der Waals surface area (Å²) >= 11 is 0. The number of nitrogens with one attached hydrogen (secondary N) is 3. The minimum absolute atomic E-state index is 0.0434. The van der Waals surface area contributed by atoms with E-state index < -0.39 is 0 Å². The van der Waals surface area contributed by atoms with E-state index >= 15 is 0 Å². The molecule has 0 bridgehead atoms. The number of nitrogens with zero attached hydrogens (tertiary/aromatic N) is 1. The summed E-state index contributed by atoms with van der Waals surface area (Å²) in [7, 11) is 0. The van der Waals surface area contributed by atoms with Crippen LogP contribution >= 0.6 is 0 Å².